The average molecular weight is 265 g/mol. The zero-order valence-corrected chi connectivity index (χ0v) is 10.2. The van der Waals surface area contributed by atoms with Gasteiger partial charge in [-0.05, 0) is 24.6 Å². The van der Waals surface area contributed by atoms with Gasteiger partial charge in [0.05, 0.1) is 9.95 Å². The third-order valence-electron chi connectivity index (χ3n) is 2.23. The van der Waals surface area contributed by atoms with Crippen molar-refractivity contribution < 1.29 is 9.66 Å². The van der Waals surface area contributed by atoms with Crippen LogP contribution in [0.25, 0.3) is 0 Å². The maximum atomic E-state index is 10.9. The van der Waals surface area contributed by atoms with E-state index in [0.717, 1.165) is 5.56 Å². The number of rotatable bonds is 3. The van der Waals surface area contributed by atoms with Crippen LogP contribution in [0, 0.1) is 17.0 Å². The molecule has 0 saturated carbocycles. The molecule has 1 aromatic heterocycles. The molecule has 0 radical (unpaired) electrons. The van der Waals surface area contributed by atoms with Gasteiger partial charge >= 0.3 is 5.69 Å². The first-order valence-corrected chi connectivity index (χ1v) is 5.48. The molecule has 0 amide bonds. The molecule has 1 aromatic carbocycles. The van der Waals surface area contributed by atoms with Crippen molar-refractivity contribution in [3.63, 3.8) is 0 Å². The minimum Gasteiger partial charge on any atom is -0.432 e. The van der Waals surface area contributed by atoms with Crippen LogP contribution in [0.5, 0.6) is 11.6 Å². The number of hydrogen-bond donors (Lipinski definition) is 0. The summed E-state index contributed by atoms with van der Waals surface area (Å²) in [6, 6.07) is 7.80. The summed E-state index contributed by atoms with van der Waals surface area (Å²) in [5, 5.41) is 11.3. The Labute approximate surface area is 108 Å². The predicted octanol–water partition coefficient (Wildman–Crippen LogP) is 3.74. The molecule has 0 aliphatic rings. The first-order chi connectivity index (χ1) is 8.56. The fourth-order valence-corrected chi connectivity index (χ4v) is 1.50. The molecule has 0 atom stereocenters. The first kappa shape index (κ1) is 12.3. The van der Waals surface area contributed by atoms with Gasteiger partial charge in [-0.25, -0.2) is 4.98 Å². The van der Waals surface area contributed by atoms with Crippen molar-refractivity contribution in [3.8, 4) is 11.6 Å². The quantitative estimate of drug-likeness (QED) is 0.626. The summed E-state index contributed by atoms with van der Waals surface area (Å²) >= 11 is 5.70. The van der Waals surface area contributed by atoms with E-state index < -0.39 is 4.92 Å². The zero-order valence-electron chi connectivity index (χ0n) is 9.46. The van der Waals surface area contributed by atoms with Crippen molar-refractivity contribution in [2.24, 2.45) is 0 Å². The van der Waals surface area contributed by atoms with E-state index in [0.29, 0.717) is 5.02 Å². The van der Waals surface area contributed by atoms with Crippen molar-refractivity contribution >= 4 is 17.3 Å². The van der Waals surface area contributed by atoms with Crippen LogP contribution >= 0.6 is 11.6 Å². The van der Waals surface area contributed by atoms with Gasteiger partial charge in [-0.2, -0.15) is 0 Å². The molecule has 1 heterocycles. The summed E-state index contributed by atoms with van der Waals surface area (Å²) in [5.41, 5.74) is 0.766. The van der Waals surface area contributed by atoms with E-state index in [4.69, 9.17) is 16.3 Å². The number of nitrogens with zero attached hydrogens (tertiary/aromatic N) is 2. The summed E-state index contributed by atoms with van der Waals surface area (Å²) < 4.78 is 5.40. The number of nitro benzene ring substituents is 1. The van der Waals surface area contributed by atoms with E-state index in [9.17, 15) is 10.1 Å². The molecule has 0 aliphatic heterocycles. The number of nitro groups is 1. The van der Waals surface area contributed by atoms with Crippen molar-refractivity contribution in [1.82, 2.24) is 4.98 Å². The van der Waals surface area contributed by atoms with Crippen LogP contribution in [-0.2, 0) is 0 Å². The minimum absolute atomic E-state index is 0.0997. The predicted molar refractivity (Wildman–Crippen MR) is 67.2 cm³/mol. The lowest BCUT2D eigenvalue weighted by Crippen LogP contribution is -1.95. The lowest BCUT2D eigenvalue weighted by atomic mass is 10.2. The molecule has 0 fully saturated rings. The van der Waals surface area contributed by atoms with Crippen LogP contribution in [0.3, 0.4) is 0 Å². The van der Waals surface area contributed by atoms with Crippen LogP contribution in [-0.4, -0.2) is 9.91 Å². The topological polar surface area (TPSA) is 65.3 Å². The SMILES string of the molecule is Cc1ccc([N+](=O)[O-])c(Oc2ccc(Cl)cn2)c1. The highest BCUT2D eigenvalue weighted by atomic mass is 35.5. The van der Waals surface area contributed by atoms with Crippen molar-refractivity contribution in [2.45, 2.75) is 6.92 Å². The van der Waals surface area contributed by atoms with E-state index >= 15 is 0 Å². The highest BCUT2D eigenvalue weighted by Gasteiger charge is 2.15. The molecule has 0 spiro atoms. The number of aryl methyl sites for hydroxylation is 1. The van der Waals surface area contributed by atoms with Crippen molar-refractivity contribution in [1.29, 1.82) is 0 Å². The van der Waals surface area contributed by atoms with Crippen molar-refractivity contribution in [2.75, 3.05) is 0 Å². The molecular weight excluding hydrogens is 256 g/mol. The number of pyridine rings is 1. The Bertz CT molecular complexity index is 584. The maximum Gasteiger partial charge on any atom is 0.311 e. The molecule has 2 rings (SSSR count). The molecule has 0 aliphatic carbocycles. The van der Waals surface area contributed by atoms with Gasteiger partial charge in [0, 0.05) is 18.3 Å². The summed E-state index contributed by atoms with van der Waals surface area (Å²) in [6.45, 7) is 1.83. The van der Waals surface area contributed by atoms with Gasteiger partial charge in [0.25, 0.3) is 0 Å². The Morgan fingerprint density at radius 1 is 1.33 bits per heavy atom. The fraction of sp³-hybridized carbons (Fsp3) is 0.0833. The summed E-state index contributed by atoms with van der Waals surface area (Å²) in [4.78, 5) is 14.3. The molecule has 6 heteroatoms. The monoisotopic (exact) mass is 264 g/mol. The van der Waals surface area contributed by atoms with Gasteiger partial charge in [-0.15, -0.1) is 0 Å². The van der Waals surface area contributed by atoms with Gasteiger partial charge in [0.1, 0.15) is 0 Å². The van der Waals surface area contributed by atoms with E-state index in [-0.39, 0.29) is 17.3 Å². The van der Waals surface area contributed by atoms with Gasteiger partial charge < -0.3 is 4.74 Å². The van der Waals surface area contributed by atoms with Gasteiger partial charge in [0.2, 0.25) is 11.6 Å². The van der Waals surface area contributed by atoms with Gasteiger partial charge in [-0.3, -0.25) is 10.1 Å². The lowest BCUT2D eigenvalue weighted by Gasteiger charge is -2.06. The van der Waals surface area contributed by atoms with Crippen LogP contribution in [0.15, 0.2) is 36.5 Å². The Hall–Kier alpha value is -2.14. The number of benzene rings is 1. The van der Waals surface area contributed by atoms with Gasteiger partial charge in [-0.1, -0.05) is 17.7 Å². The molecule has 2 aromatic rings. The van der Waals surface area contributed by atoms with Crippen LogP contribution in [0.4, 0.5) is 5.69 Å². The number of halogens is 1. The fourth-order valence-electron chi connectivity index (χ4n) is 1.39. The Morgan fingerprint density at radius 2 is 2.11 bits per heavy atom. The van der Waals surface area contributed by atoms with Gasteiger partial charge in [0.15, 0.2) is 0 Å². The minimum atomic E-state index is -0.495. The average Bonchev–Trinajstić information content (AvgIpc) is 2.32. The Balaban J connectivity index is 2.35. The first-order valence-electron chi connectivity index (χ1n) is 5.11. The smallest absolute Gasteiger partial charge is 0.311 e. The van der Waals surface area contributed by atoms with Crippen LogP contribution in [0.1, 0.15) is 5.56 Å². The summed E-state index contributed by atoms with van der Waals surface area (Å²) in [5.74, 6) is 0.419. The van der Waals surface area contributed by atoms with E-state index in [1.165, 1.54) is 12.3 Å². The highest BCUT2D eigenvalue weighted by Crippen LogP contribution is 2.31. The molecule has 0 N–H and O–H groups in total. The lowest BCUT2D eigenvalue weighted by molar-refractivity contribution is -0.385. The summed E-state index contributed by atoms with van der Waals surface area (Å²) in [6.07, 6.45) is 1.42. The van der Waals surface area contributed by atoms with Crippen molar-refractivity contribution in [3.05, 3.63) is 57.2 Å². The second-order valence-corrected chi connectivity index (χ2v) is 4.08. The molecule has 0 saturated heterocycles. The Kier molecular flexibility index (Phi) is 3.43. The molecular formula is C12H9ClN2O3. The normalized spacial score (nSPS) is 10.1. The second-order valence-electron chi connectivity index (χ2n) is 3.65. The largest absolute Gasteiger partial charge is 0.432 e. The maximum absolute atomic E-state index is 10.9. The van der Waals surface area contributed by atoms with Crippen LogP contribution in [0.2, 0.25) is 5.02 Å². The second kappa shape index (κ2) is 5.01. The van der Waals surface area contributed by atoms with E-state index in [1.54, 1.807) is 24.3 Å². The number of ether oxygens (including phenoxy) is 1. The third kappa shape index (κ3) is 2.75. The molecule has 5 nitrogen and oxygen atoms in total. The van der Waals surface area contributed by atoms with Crippen LogP contribution < -0.4 is 4.74 Å². The molecule has 18 heavy (non-hydrogen) atoms. The Morgan fingerprint density at radius 3 is 2.72 bits per heavy atom. The molecule has 0 unspecified atom stereocenters. The van der Waals surface area contributed by atoms with E-state index in [2.05, 4.69) is 4.98 Å². The zero-order chi connectivity index (χ0) is 13.1. The summed E-state index contributed by atoms with van der Waals surface area (Å²) in [7, 11) is 0. The number of hydrogen-bond acceptors (Lipinski definition) is 4. The van der Waals surface area contributed by atoms with E-state index in [1.807, 2.05) is 6.92 Å². The molecule has 92 valence electrons. The highest BCUT2D eigenvalue weighted by molar-refractivity contribution is 6.30. The standard InChI is InChI=1S/C12H9ClN2O3/c1-8-2-4-10(15(16)17)11(6-8)18-12-5-3-9(13)7-14-12/h2-7H,1H3. The third-order valence-corrected chi connectivity index (χ3v) is 2.45. The molecule has 0 bridgehead atoms. The number of aromatic nitrogens is 1.